The van der Waals surface area contributed by atoms with Crippen LogP contribution in [0.3, 0.4) is 0 Å². The summed E-state index contributed by atoms with van der Waals surface area (Å²) in [6.07, 6.45) is -9.46. The van der Waals surface area contributed by atoms with E-state index in [9.17, 15) is 29.4 Å². The van der Waals surface area contributed by atoms with Gasteiger partial charge in [-0.3, -0.25) is 19.2 Å². The van der Waals surface area contributed by atoms with Crippen LogP contribution in [0.15, 0.2) is 0 Å². The smallest absolute Gasteiger partial charge is 0.303 e. The number of aliphatic hydroxyl groups is 2. The molecule has 1 aliphatic rings. The zero-order valence-electron chi connectivity index (χ0n) is 13.6. The average molecular weight is 348 g/mol. The summed E-state index contributed by atoms with van der Waals surface area (Å²) in [5.74, 6) is -3.29. The molecule has 1 aliphatic carbocycles. The van der Waals surface area contributed by atoms with Crippen molar-refractivity contribution in [2.24, 2.45) is 0 Å². The van der Waals surface area contributed by atoms with Gasteiger partial charge in [-0.2, -0.15) is 0 Å². The number of hydrogen-bond donors (Lipinski definition) is 2. The van der Waals surface area contributed by atoms with Crippen molar-refractivity contribution >= 4 is 23.9 Å². The van der Waals surface area contributed by atoms with Gasteiger partial charge in [0.2, 0.25) is 0 Å². The molecule has 0 bridgehead atoms. The van der Waals surface area contributed by atoms with Gasteiger partial charge in [0.25, 0.3) is 0 Å². The van der Waals surface area contributed by atoms with Gasteiger partial charge in [-0.25, -0.2) is 0 Å². The summed E-state index contributed by atoms with van der Waals surface area (Å²) in [7, 11) is 0. The lowest BCUT2D eigenvalue weighted by atomic mass is 9.84. The molecule has 0 heterocycles. The highest BCUT2D eigenvalue weighted by Crippen LogP contribution is 2.30. The second-order valence-corrected chi connectivity index (χ2v) is 5.28. The monoisotopic (exact) mass is 348 g/mol. The fourth-order valence-electron chi connectivity index (χ4n) is 2.46. The first kappa shape index (κ1) is 19.8. The lowest BCUT2D eigenvalue weighted by Crippen LogP contribution is -2.67. The number of ether oxygens (including phenoxy) is 4. The zero-order valence-corrected chi connectivity index (χ0v) is 13.6. The molecule has 0 spiro atoms. The summed E-state index contributed by atoms with van der Waals surface area (Å²) in [5.41, 5.74) is 0. The predicted octanol–water partition coefficient (Wildman–Crippen LogP) is -1.55. The largest absolute Gasteiger partial charge is 0.456 e. The Labute approximate surface area is 137 Å². The molecule has 6 atom stereocenters. The summed E-state index contributed by atoms with van der Waals surface area (Å²) < 4.78 is 19.8. The van der Waals surface area contributed by atoms with Crippen molar-refractivity contribution in [2.45, 2.75) is 64.3 Å². The van der Waals surface area contributed by atoms with Crippen LogP contribution in [0.2, 0.25) is 0 Å². The van der Waals surface area contributed by atoms with Crippen LogP contribution in [0.4, 0.5) is 0 Å². The second-order valence-electron chi connectivity index (χ2n) is 5.28. The van der Waals surface area contributed by atoms with Gasteiger partial charge in [0, 0.05) is 27.7 Å². The molecule has 0 aromatic rings. The van der Waals surface area contributed by atoms with Crippen LogP contribution >= 0.6 is 0 Å². The topological polar surface area (TPSA) is 146 Å². The molecule has 0 saturated heterocycles. The quantitative estimate of drug-likeness (QED) is 0.452. The molecule has 0 radical (unpaired) electrons. The van der Waals surface area contributed by atoms with E-state index in [4.69, 9.17) is 18.9 Å². The van der Waals surface area contributed by atoms with E-state index in [-0.39, 0.29) is 0 Å². The normalized spacial score (nSPS) is 32.4. The Balaban J connectivity index is 3.28. The van der Waals surface area contributed by atoms with E-state index in [0.29, 0.717) is 0 Å². The van der Waals surface area contributed by atoms with E-state index < -0.39 is 60.5 Å². The first-order chi connectivity index (χ1) is 11.0. The van der Waals surface area contributed by atoms with Crippen LogP contribution in [0.1, 0.15) is 27.7 Å². The fourth-order valence-corrected chi connectivity index (χ4v) is 2.46. The standard InChI is InChI=1S/C14H20O10/c1-5(15)21-11-9(19)10(20)12(22-6(2)16)14(24-8(4)18)13(11)23-7(3)17/h9-14,19-20H,1-4H3. The molecule has 1 fully saturated rings. The summed E-state index contributed by atoms with van der Waals surface area (Å²) in [6, 6.07) is 0. The molecular formula is C14H20O10. The molecule has 0 aliphatic heterocycles. The van der Waals surface area contributed by atoms with Gasteiger partial charge >= 0.3 is 23.9 Å². The third-order valence-corrected chi connectivity index (χ3v) is 3.20. The maximum Gasteiger partial charge on any atom is 0.303 e. The lowest BCUT2D eigenvalue weighted by molar-refractivity contribution is -0.251. The van der Waals surface area contributed by atoms with Crippen LogP contribution in [-0.4, -0.2) is 70.7 Å². The third kappa shape index (κ3) is 4.90. The Kier molecular flexibility index (Phi) is 6.67. The maximum atomic E-state index is 11.3. The molecule has 0 aromatic heterocycles. The Hall–Kier alpha value is -2.20. The van der Waals surface area contributed by atoms with E-state index in [1.54, 1.807) is 0 Å². The molecule has 0 amide bonds. The first-order valence-electron chi connectivity index (χ1n) is 7.09. The molecule has 1 rings (SSSR count). The predicted molar refractivity (Wildman–Crippen MR) is 74.2 cm³/mol. The van der Waals surface area contributed by atoms with Crippen LogP contribution < -0.4 is 0 Å². The van der Waals surface area contributed by atoms with E-state index in [0.717, 1.165) is 27.7 Å². The van der Waals surface area contributed by atoms with Gasteiger partial charge in [0.1, 0.15) is 12.2 Å². The molecular weight excluding hydrogens is 328 g/mol. The number of hydrogen-bond acceptors (Lipinski definition) is 10. The van der Waals surface area contributed by atoms with Crippen molar-refractivity contribution < 1.29 is 48.3 Å². The Morgan fingerprint density at radius 3 is 0.958 bits per heavy atom. The van der Waals surface area contributed by atoms with Gasteiger partial charge in [0.15, 0.2) is 24.4 Å². The van der Waals surface area contributed by atoms with Crippen LogP contribution in [-0.2, 0) is 38.1 Å². The number of carbonyl (C=O) groups is 4. The van der Waals surface area contributed by atoms with Gasteiger partial charge in [-0.1, -0.05) is 0 Å². The lowest BCUT2D eigenvalue weighted by Gasteiger charge is -2.44. The molecule has 6 unspecified atom stereocenters. The number of esters is 4. The van der Waals surface area contributed by atoms with Crippen LogP contribution in [0.5, 0.6) is 0 Å². The molecule has 1 saturated carbocycles. The van der Waals surface area contributed by atoms with Crippen molar-refractivity contribution in [1.82, 2.24) is 0 Å². The number of carbonyl (C=O) groups excluding carboxylic acids is 4. The highest BCUT2D eigenvalue weighted by atomic mass is 16.6. The maximum absolute atomic E-state index is 11.3. The number of aliphatic hydroxyl groups excluding tert-OH is 2. The molecule has 136 valence electrons. The van der Waals surface area contributed by atoms with Gasteiger partial charge in [-0.05, 0) is 0 Å². The summed E-state index contributed by atoms with van der Waals surface area (Å²) >= 11 is 0. The van der Waals surface area contributed by atoms with Crippen molar-refractivity contribution in [2.75, 3.05) is 0 Å². The molecule has 10 nitrogen and oxygen atoms in total. The zero-order chi connectivity index (χ0) is 18.6. The molecule has 0 aromatic carbocycles. The van der Waals surface area contributed by atoms with E-state index in [1.807, 2.05) is 0 Å². The summed E-state index contributed by atoms with van der Waals surface area (Å²) in [6.45, 7) is 4.19. The Morgan fingerprint density at radius 1 is 0.542 bits per heavy atom. The third-order valence-electron chi connectivity index (χ3n) is 3.20. The van der Waals surface area contributed by atoms with Gasteiger partial charge in [-0.15, -0.1) is 0 Å². The fraction of sp³-hybridized carbons (Fsp3) is 0.714. The average Bonchev–Trinajstić information content (AvgIpc) is 2.42. The molecule has 24 heavy (non-hydrogen) atoms. The van der Waals surface area contributed by atoms with Crippen molar-refractivity contribution in [3.63, 3.8) is 0 Å². The van der Waals surface area contributed by atoms with E-state index in [2.05, 4.69) is 0 Å². The minimum atomic E-state index is -1.74. The van der Waals surface area contributed by atoms with Crippen molar-refractivity contribution in [3.05, 3.63) is 0 Å². The summed E-state index contributed by atoms with van der Waals surface area (Å²) in [5, 5.41) is 20.3. The van der Waals surface area contributed by atoms with Gasteiger partial charge in [0.05, 0.1) is 0 Å². The van der Waals surface area contributed by atoms with Gasteiger partial charge < -0.3 is 29.2 Å². The first-order valence-corrected chi connectivity index (χ1v) is 7.09. The highest BCUT2D eigenvalue weighted by molar-refractivity contribution is 5.69. The molecule has 10 heteroatoms. The SMILES string of the molecule is CC(=O)OC1C(O)C(O)C(OC(C)=O)C(OC(C)=O)C1OC(C)=O. The minimum absolute atomic E-state index is 0.820. The van der Waals surface area contributed by atoms with E-state index >= 15 is 0 Å². The minimum Gasteiger partial charge on any atom is -0.456 e. The highest BCUT2D eigenvalue weighted by Gasteiger charge is 2.56. The van der Waals surface area contributed by atoms with Crippen LogP contribution in [0, 0.1) is 0 Å². The number of rotatable bonds is 4. The van der Waals surface area contributed by atoms with E-state index in [1.165, 1.54) is 0 Å². The molecule has 2 N–H and O–H groups in total. The van der Waals surface area contributed by atoms with Crippen molar-refractivity contribution in [3.8, 4) is 0 Å². The second kappa shape index (κ2) is 8.06. The Bertz CT molecular complexity index is 470. The summed E-state index contributed by atoms with van der Waals surface area (Å²) in [4.78, 5) is 45.1. The Morgan fingerprint density at radius 2 is 0.750 bits per heavy atom. The van der Waals surface area contributed by atoms with Crippen LogP contribution in [0.25, 0.3) is 0 Å². The van der Waals surface area contributed by atoms with Crippen molar-refractivity contribution in [1.29, 1.82) is 0 Å².